The first kappa shape index (κ1) is 12.1. The third kappa shape index (κ3) is 1.84. The summed E-state index contributed by atoms with van der Waals surface area (Å²) in [5, 5.41) is -1.22. The SMILES string of the molecule is O=c1cc(S(=O)(=O)C(F)(F)F)nc2n1CCC2. The van der Waals surface area contributed by atoms with Crippen LogP contribution in [0.25, 0.3) is 0 Å². The van der Waals surface area contributed by atoms with E-state index >= 15 is 0 Å². The number of fused-ring (bicyclic) bond motifs is 1. The quantitative estimate of drug-likeness (QED) is 0.695. The van der Waals surface area contributed by atoms with E-state index in [2.05, 4.69) is 4.98 Å². The Hall–Kier alpha value is -1.38. The van der Waals surface area contributed by atoms with Crippen molar-refractivity contribution in [2.75, 3.05) is 0 Å². The lowest BCUT2D eigenvalue weighted by atomic mass is 10.4. The standard InChI is InChI=1S/C8H7F3N2O3S/c9-8(10,11)17(15,16)6-4-7(14)13-3-1-2-5(13)12-6/h4H,1-3H2. The molecule has 5 nitrogen and oxygen atoms in total. The van der Waals surface area contributed by atoms with Crippen LogP contribution < -0.4 is 5.56 Å². The summed E-state index contributed by atoms with van der Waals surface area (Å²) >= 11 is 0. The Labute approximate surface area is 93.8 Å². The maximum atomic E-state index is 12.3. The van der Waals surface area contributed by atoms with Crippen molar-refractivity contribution in [3.05, 3.63) is 22.2 Å². The first-order valence-electron chi connectivity index (χ1n) is 4.65. The van der Waals surface area contributed by atoms with Crippen LogP contribution in [-0.2, 0) is 22.8 Å². The van der Waals surface area contributed by atoms with E-state index in [1.165, 1.54) is 4.57 Å². The minimum atomic E-state index is -5.54. The third-order valence-electron chi connectivity index (χ3n) is 2.43. The number of nitrogens with zero attached hydrogens (tertiary/aromatic N) is 2. The Morgan fingerprint density at radius 3 is 2.59 bits per heavy atom. The molecule has 1 aliphatic heterocycles. The highest BCUT2D eigenvalue weighted by Gasteiger charge is 2.48. The van der Waals surface area contributed by atoms with Crippen LogP contribution in [0.2, 0.25) is 0 Å². The van der Waals surface area contributed by atoms with Crippen LogP contribution >= 0.6 is 0 Å². The lowest BCUT2D eigenvalue weighted by Gasteiger charge is -2.08. The fraction of sp³-hybridized carbons (Fsp3) is 0.500. The van der Waals surface area contributed by atoms with Gasteiger partial charge < -0.3 is 0 Å². The second-order valence-corrected chi connectivity index (χ2v) is 5.44. The maximum Gasteiger partial charge on any atom is 0.503 e. The number of sulfone groups is 1. The van der Waals surface area contributed by atoms with Gasteiger partial charge in [0.25, 0.3) is 15.4 Å². The molecule has 0 aliphatic carbocycles. The first-order valence-corrected chi connectivity index (χ1v) is 6.14. The highest BCUT2D eigenvalue weighted by atomic mass is 32.2. The van der Waals surface area contributed by atoms with Crippen LogP contribution in [0.15, 0.2) is 15.9 Å². The van der Waals surface area contributed by atoms with Gasteiger partial charge in [-0.1, -0.05) is 0 Å². The van der Waals surface area contributed by atoms with E-state index in [-0.39, 0.29) is 5.82 Å². The molecule has 1 aromatic rings. The molecule has 0 spiro atoms. The Bertz CT molecular complexity index is 618. The molecule has 2 heterocycles. The molecule has 0 fully saturated rings. The summed E-state index contributed by atoms with van der Waals surface area (Å²) in [6.45, 7) is 0.355. The second kappa shape index (κ2) is 3.56. The van der Waals surface area contributed by atoms with Gasteiger partial charge in [0.1, 0.15) is 5.82 Å². The number of aromatic nitrogens is 2. The molecule has 0 saturated carbocycles. The molecule has 0 amide bonds. The summed E-state index contributed by atoms with van der Waals surface area (Å²) < 4.78 is 60.1. The number of rotatable bonds is 1. The van der Waals surface area contributed by atoms with Crippen molar-refractivity contribution in [1.82, 2.24) is 9.55 Å². The van der Waals surface area contributed by atoms with Gasteiger partial charge in [-0.3, -0.25) is 9.36 Å². The zero-order valence-electron chi connectivity index (χ0n) is 8.36. The van der Waals surface area contributed by atoms with Crippen molar-refractivity contribution in [3.8, 4) is 0 Å². The van der Waals surface area contributed by atoms with Gasteiger partial charge in [0.05, 0.1) is 0 Å². The summed E-state index contributed by atoms with van der Waals surface area (Å²) in [5.74, 6) is 0.0836. The van der Waals surface area contributed by atoms with Crippen molar-refractivity contribution in [3.63, 3.8) is 0 Å². The smallest absolute Gasteiger partial charge is 0.297 e. The number of aryl methyl sites for hydroxylation is 1. The summed E-state index contributed by atoms with van der Waals surface area (Å²) in [6.07, 6.45) is 0.869. The fourth-order valence-electron chi connectivity index (χ4n) is 1.61. The number of hydrogen-bond donors (Lipinski definition) is 0. The topological polar surface area (TPSA) is 69.0 Å². The molecule has 0 saturated heterocycles. The highest BCUT2D eigenvalue weighted by molar-refractivity contribution is 7.92. The van der Waals surface area contributed by atoms with Crippen LogP contribution in [0.5, 0.6) is 0 Å². The Kier molecular flexibility index (Phi) is 2.53. The lowest BCUT2D eigenvalue weighted by Crippen LogP contribution is -2.28. The van der Waals surface area contributed by atoms with E-state index in [0.717, 1.165) is 0 Å². The second-order valence-electron chi connectivity index (χ2n) is 3.55. The van der Waals surface area contributed by atoms with Crippen molar-refractivity contribution >= 4 is 9.84 Å². The van der Waals surface area contributed by atoms with Gasteiger partial charge >= 0.3 is 5.51 Å². The van der Waals surface area contributed by atoms with Crippen molar-refractivity contribution in [2.45, 2.75) is 29.9 Å². The average molecular weight is 268 g/mol. The maximum absolute atomic E-state index is 12.3. The van der Waals surface area contributed by atoms with E-state index in [1.54, 1.807) is 0 Å². The number of halogens is 3. The van der Waals surface area contributed by atoms with Crippen LogP contribution in [0, 0.1) is 0 Å². The average Bonchev–Trinajstić information content (AvgIpc) is 2.64. The number of alkyl halides is 3. The van der Waals surface area contributed by atoms with E-state index in [9.17, 15) is 26.4 Å². The Morgan fingerprint density at radius 2 is 2.00 bits per heavy atom. The van der Waals surface area contributed by atoms with Gasteiger partial charge in [-0.05, 0) is 6.42 Å². The molecule has 94 valence electrons. The molecule has 0 N–H and O–H groups in total. The van der Waals surface area contributed by atoms with Gasteiger partial charge in [-0.25, -0.2) is 13.4 Å². The largest absolute Gasteiger partial charge is 0.503 e. The van der Waals surface area contributed by atoms with Gasteiger partial charge in [0.15, 0.2) is 5.03 Å². The highest BCUT2D eigenvalue weighted by Crippen LogP contribution is 2.28. The Balaban J connectivity index is 2.64. The van der Waals surface area contributed by atoms with E-state index in [0.29, 0.717) is 25.5 Å². The molecule has 0 unspecified atom stereocenters. The summed E-state index contributed by atoms with van der Waals surface area (Å²) in [5.41, 5.74) is -6.21. The van der Waals surface area contributed by atoms with Crippen molar-refractivity contribution in [1.29, 1.82) is 0 Å². The summed E-state index contributed by atoms with van der Waals surface area (Å²) in [4.78, 5) is 14.8. The molecule has 1 aromatic heterocycles. The third-order valence-corrected chi connectivity index (χ3v) is 3.80. The van der Waals surface area contributed by atoms with Crippen LogP contribution in [-0.4, -0.2) is 23.5 Å². The van der Waals surface area contributed by atoms with Crippen molar-refractivity contribution in [2.24, 2.45) is 0 Å². The minimum Gasteiger partial charge on any atom is -0.297 e. The van der Waals surface area contributed by atoms with Crippen LogP contribution in [0.4, 0.5) is 13.2 Å². The van der Waals surface area contributed by atoms with Gasteiger partial charge in [-0.2, -0.15) is 13.2 Å². The van der Waals surface area contributed by atoms with E-state index in [4.69, 9.17) is 0 Å². The molecular formula is C8H7F3N2O3S. The molecule has 0 radical (unpaired) electrons. The molecule has 0 aromatic carbocycles. The molecule has 0 atom stereocenters. The van der Waals surface area contributed by atoms with Gasteiger partial charge in [-0.15, -0.1) is 0 Å². The number of hydrogen-bond acceptors (Lipinski definition) is 4. The minimum absolute atomic E-state index is 0.0836. The van der Waals surface area contributed by atoms with Gasteiger partial charge in [0.2, 0.25) is 0 Å². The predicted octanol–water partition coefficient (Wildman–Crippen LogP) is 0.483. The van der Waals surface area contributed by atoms with Crippen LogP contribution in [0.3, 0.4) is 0 Å². The van der Waals surface area contributed by atoms with Crippen LogP contribution in [0.1, 0.15) is 12.2 Å². The molecule has 17 heavy (non-hydrogen) atoms. The monoisotopic (exact) mass is 268 g/mol. The zero-order valence-corrected chi connectivity index (χ0v) is 9.18. The zero-order chi connectivity index (χ0) is 12.8. The normalized spacial score (nSPS) is 15.9. The molecule has 0 bridgehead atoms. The Morgan fingerprint density at radius 1 is 1.35 bits per heavy atom. The first-order chi connectivity index (χ1) is 7.73. The van der Waals surface area contributed by atoms with Crippen molar-refractivity contribution < 1.29 is 21.6 Å². The molecular weight excluding hydrogens is 261 g/mol. The summed E-state index contributed by atoms with van der Waals surface area (Å²) in [7, 11) is -5.54. The summed E-state index contributed by atoms with van der Waals surface area (Å²) in [6, 6.07) is 0.414. The fourth-order valence-corrected chi connectivity index (χ4v) is 2.33. The molecule has 9 heteroatoms. The predicted molar refractivity (Wildman–Crippen MR) is 50.1 cm³/mol. The van der Waals surface area contributed by atoms with Gasteiger partial charge in [0, 0.05) is 19.0 Å². The molecule has 1 aliphatic rings. The lowest BCUT2D eigenvalue weighted by molar-refractivity contribution is -0.0438. The molecule has 2 rings (SSSR count). The van der Waals surface area contributed by atoms with E-state index < -0.39 is 25.9 Å². The van der Waals surface area contributed by atoms with E-state index in [1.807, 2.05) is 0 Å².